The molecule has 0 heterocycles. The van der Waals surface area contributed by atoms with Gasteiger partial charge in [-0.2, -0.15) is 0 Å². The van der Waals surface area contributed by atoms with Crippen molar-refractivity contribution in [1.29, 1.82) is 0 Å². The minimum absolute atomic E-state index is 0.0206. The lowest BCUT2D eigenvalue weighted by Gasteiger charge is -2.00. The van der Waals surface area contributed by atoms with Gasteiger partial charge in [-0.1, -0.05) is 41.9 Å². The molecule has 0 saturated heterocycles. The number of halogens is 1. The maximum Gasteiger partial charge on any atom is 0.193 e. The SMILES string of the molecule is CCO.O=C(c1ccccc1)c1ccc(Cl)cc1. The van der Waals surface area contributed by atoms with Crippen molar-refractivity contribution in [2.45, 2.75) is 6.92 Å². The Labute approximate surface area is 112 Å². The van der Waals surface area contributed by atoms with E-state index in [1.54, 1.807) is 43.3 Å². The largest absolute Gasteiger partial charge is 0.397 e. The molecule has 0 fully saturated rings. The summed E-state index contributed by atoms with van der Waals surface area (Å²) in [4.78, 5) is 11.9. The smallest absolute Gasteiger partial charge is 0.193 e. The third-order valence-corrected chi connectivity index (χ3v) is 2.39. The third-order valence-electron chi connectivity index (χ3n) is 2.14. The highest BCUT2D eigenvalue weighted by molar-refractivity contribution is 6.30. The first kappa shape index (κ1) is 14.4. The molecular formula is C15H15ClO2. The quantitative estimate of drug-likeness (QED) is 0.840. The van der Waals surface area contributed by atoms with Gasteiger partial charge in [-0.25, -0.2) is 0 Å². The van der Waals surface area contributed by atoms with Gasteiger partial charge in [0.25, 0.3) is 0 Å². The summed E-state index contributed by atoms with van der Waals surface area (Å²) in [5, 5.41) is 8.21. The number of hydrogen-bond donors (Lipinski definition) is 1. The highest BCUT2D eigenvalue weighted by Crippen LogP contribution is 2.13. The van der Waals surface area contributed by atoms with Gasteiger partial charge in [-0.05, 0) is 31.2 Å². The second-order valence-electron chi connectivity index (χ2n) is 3.52. The van der Waals surface area contributed by atoms with Crippen LogP contribution in [0.3, 0.4) is 0 Å². The first-order chi connectivity index (χ1) is 8.69. The van der Waals surface area contributed by atoms with Crippen LogP contribution in [0, 0.1) is 0 Å². The van der Waals surface area contributed by atoms with Gasteiger partial charge in [0.05, 0.1) is 0 Å². The van der Waals surface area contributed by atoms with E-state index in [1.165, 1.54) is 0 Å². The van der Waals surface area contributed by atoms with Gasteiger partial charge in [0, 0.05) is 22.8 Å². The van der Waals surface area contributed by atoms with Crippen LogP contribution in [-0.2, 0) is 0 Å². The van der Waals surface area contributed by atoms with E-state index in [2.05, 4.69) is 0 Å². The van der Waals surface area contributed by atoms with E-state index in [0.29, 0.717) is 16.1 Å². The first-order valence-corrected chi connectivity index (χ1v) is 6.03. The summed E-state index contributed by atoms with van der Waals surface area (Å²) in [5.41, 5.74) is 1.35. The lowest BCUT2D eigenvalue weighted by atomic mass is 10.0. The molecule has 2 nitrogen and oxygen atoms in total. The maximum atomic E-state index is 11.9. The Morgan fingerprint density at radius 2 is 1.44 bits per heavy atom. The van der Waals surface area contributed by atoms with Crippen molar-refractivity contribution in [3.05, 3.63) is 70.7 Å². The van der Waals surface area contributed by atoms with Crippen LogP contribution in [0.5, 0.6) is 0 Å². The molecule has 0 aliphatic carbocycles. The molecule has 0 bridgehead atoms. The van der Waals surface area contributed by atoms with Crippen LogP contribution >= 0.6 is 11.6 Å². The Morgan fingerprint density at radius 3 is 1.94 bits per heavy atom. The summed E-state index contributed by atoms with van der Waals surface area (Å²) in [7, 11) is 0. The molecule has 3 heteroatoms. The molecule has 0 aliphatic rings. The fourth-order valence-electron chi connectivity index (χ4n) is 1.36. The molecule has 2 aromatic rings. The van der Waals surface area contributed by atoms with Crippen LogP contribution in [0.15, 0.2) is 54.6 Å². The number of aliphatic hydroxyl groups is 1. The molecule has 94 valence electrons. The van der Waals surface area contributed by atoms with Crippen molar-refractivity contribution in [2.75, 3.05) is 6.61 Å². The van der Waals surface area contributed by atoms with Gasteiger partial charge in [0.15, 0.2) is 5.78 Å². The molecule has 0 unspecified atom stereocenters. The van der Waals surface area contributed by atoms with Crippen LogP contribution < -0.4 is 0 Å². The molecule has 2 aromatic carbocycles. The molecule has 0 amide bonds. The van der Waals surface area contributed by atoms with Gasteiger partial charge in [-0.3, -0.25) is 4.79 Å². The normalized spacial score (nSPS) is 9.28. The number of carbonyl (C=O) groups excluding carboxylic acids is 1. The van der Waals surface area contributed by atoms with Gasteiger partial charge in [-0.15, -0.1) is 0 Å². The maximum absolute atomic E-state index is 11.9. The van der Waals surface area contributed by atoms with Crippen LogP contribution in [0.4, 0.5) is 0 Å². The first-order valence-electron chi connectivity index (χ1n) is 5.65. The average Bonchev–Trinajstić information content (AvgIpc) is 2.41. The molecular weight excluding hydrogens is 248 g/mol. The third kappa shape index (κ3) is 4.32. The van der Waals surface area contributed by atoms with E-state index in [4.69, 9.17) is 16.7 Å². The Bertz CT molecular complexity index is 478. The van der Waals surface area contributed by atoms with E-state index in [0.717, 1.165) is 0 Å². The Morgan fingerprint density at radius 1 is 1.00 bits per heavy atom. The molecule has 0 atom stereocenters. The summed E-state index contributed by atoms with van der Waals surface area (Å²) in [6.07, 6.45) is 0. The van der Waals surface area contributed by atoms with Crippen molar-refractivity contribution < 1.29 is 9.90 Å². The zero-order chi connectivity index (χ0) is 13.4. The predicted octanol–water partition coefficient (Wildman–Crippen LogP) is 3.57. The minimum atomic E-state index is 0.0206. The average molecular weight is 263 g/mol. The summed E-state index contributed by atoms with van der Waals surface area (Å²) in [5.74, 6) is 0.0206. The van der Waals surface area contributed by atoms with E-state index in [1.807, 2.05) is 18.2 Å². The van der Waals surface area contributed by atoms with E-state index in [-0.39, 0.29) is 12.4 Å². The van der Waals surface area contributed by atoms with Gasteiger partial charge in [0.2, 0.25) is 0 Å². The van der Waals surface area contributed by atoms with Gasteiger partial charge in [0.1, 0.15) is 0 Å². The lowest BCUT2D eigenvalue weighted by molar-refractivity contribution is 0.103. The van der Waals surface area contributed by atoms with Crippen molar-refractivity contribution >= 4 is 17.4 Å². The topological polar surface area (TPSA) is 37.3 Å². The number of hydrogen-bond acceptors (Lipinski definition) is 2. The number of rotatable bonds is 2. The number of benzene rings is 2. The number of aliphatic hydroxyl groups excluding tert-OH is 1. The predicted molar refractivity (Wildman–Crippen MR) is 74.1 cm³/mol. The summed E-state index contributed by atoms with van der Waals surface area (Å²) < 4.78 is 0. The summed E-state index contributed by atoms with van der Waals surface area (Å²) in [6.45, 7) is 1.93. The molecule has 0 radical (unpaired) electrons. The van der Waals surface area contributed by atoms with Gasteiger partial charge < -0.3 is 5.11 Å². The van der Waals surface area contributed by atoms with Crippen molar-refractivity contribution in [3.63, 3.8) is 0 Å². The Kier molecular flexibility index (Phi) is 6.12. The van der Waals surface area contributed by atoms with E-state index < -0.39 is 0 Å². The Hall–Kier alpha value is -1.64. The molecule has 0 saturated carbocycles. The highest BCUT2D eigenvalue weighted by Gasteiger charge is 2.07. The van der Waals surface area contributed by atoms with E-state index in [9.17, 15) is 4.79 Å². The summed E-state index contributed by atoms with van der Waals surface area (Å²) >= 11 is 5.75. The zero-order valence-corrected chi connectivity index (χ0v) is 10.9. The van der Waals surface area contributed by atoms with Crippen molar-refractivity contribution in [3.8, 4) is 0 Å². The lowest BCUT2D eigenvalue weighted by Crippen LogP contribution is -1.99. The van der Waals surface area contributed by atoms with Crippen molar-refractivity contribution in [1.82, 2.24) is 0 Å². The van der Waals surface area contributed by atoms with Crippen LogP contribution in [0.2, 0.25) is 5.02 Å². The Balaban J connectivity index is 0.000000492. The van der Waals surface area contributed by atoms with Crippen LogP contribution in [0.25, 0.3) is 0 Å². The minimum Gasteiger partial charge on any atom is -0.397 e. The monoisotopic (exact) mass is 262 g/mol. The molecule has 2 rings (SSSR count). The molecule has 1 N–H and O–H groups in total. The standard InChI is InChI=1S/C13H9ClO.C2H6O/c14-12-8-6-11(7-9-12)13(15)10-4-2-1-3-5-10;1-2-3/h1-9H;3H,2H2,1H3. The second-order valence-corrected chi connectivity index (χ2v) is 3.95. The summed E-state index contributed by atoms with van der Waals surface area (Å²) in [6, 6.07) is 16.1. The second kappa shape index (κ2) is 7.64. The fourth-order valence-corrected chi connectivity index (χ4v) is 1.48. The number of ketones is 1. The fraction of sp³-hybridized carbons (Fsp3) is 0.133. The van der Waals surface area contributed by atoms with Crippen molar-refractivity contribution in [2.24, 2.45) is 0 Å². The molecule has 0 aromatic heterocycles. The molecule has 18 heavy (non-hydrogen) atoms. The van der Waals surface area contributed by atoms with E-state index >= 15 is 0 Å². The van der Waals surface area contributed by atoms with Crippen LogP contribution in [-0.4, -0.2) is 17.5 Å². The number of carbonyl (C=O) groups is 1. The molecule has 0 spiro atoms. The van der Waals surface area contributed by atoms with Gasteiger partial charge >= 0.3 is 0 Å². The highest BCUT2D eigenvalue weighted by atomic mass is 35.5. The molecule has 0 aliphatic heterocycles. The zero-order valence-electron chi connectivity index (χ0n) is 10.1. The van der Waals surface area contributed by atoms with Crippen LogP contribution in [0.1, 0.15) is 22.8 Å².